The summed E-state index contributed by atoms with van der Waals surface area (Å²) in [4.78, 5) is 11.2. The van der Waals surface area contributed by atoms with Crippen LogP contribution in [0.3, 0.4) is 0 Å². The first-order valence-electron chi connectivity index (χ1n) is 3.51. The molecule has 5 heteroatoms. The highest BCUT2D eigenvalue weighted by Gasteiger charge is 2.08. The Labute approximate surface area is 83.8 Å². The fourth-order valence-electron chi connectivity index (χ4n) is 0.725. The standard InChI is InChI=1S/C7H9IN2O2/c1-5-4-6(10-12-5)7(11)9-3-2-8/h4H,2-3H2,1H3,(H,9,11). The zero-order valence-corrected chi connectivity index (χ0v) is 8.79. The van der Waals surface area contributed by atoms with Gasteiger partial charge in [-0.25, -0.2) is 0 Å². The first kappa shape index (κ1) is 9.50. The highest BCUT2D eigenvalue weighted by Crippen LogP contribution is 2.00. The van der Waals surface area contributed by atoms with Gasteiger partial charge in [0, 0.05) is 17.0 Å². The number of hydrogen-bond donors (Lipinski definition) is 1. The summed E-state index contributed by atoms with van der Waals surface area (Å²) >= 11 is 2.19. The number of nitrogens with one attached hydrogen (secondary N) is 1. The van der Waals surface area contributed by atoms with E-state index in [1.165, 1.54) is 0 Å². The topological polar surface area (TPSA) is 55.1 Å². The van der Waals surface area contributed by atoms with Crippen molar-refractivity contribution >= 4 is 28.5 Å². The molecule has 12 heavy (non-hydrogen) atoms. The zero-order valence-electron chi connectivity index (χ0n) is 6.63. The van der Waals surface area contributed by atoms with E-state index in [0.717, 1.165) is 4.43 Å². The fourth-order valence-corrected chi connectivity index (χ4v) is 0.994. The number of aryl methyl sites for hydroxylation is 1. The monoisotopic (exact) mass is 280 g/mol. The van der Waals surface area contributed by atoms with Crippen molar-refractivity contribution in [3.05, 3.63) is 17.5 Å². The van der Waals surface area contributed by atoms with Crippen LogP contribution in [0.4, 0.5) is 0 Å². The van der Waals surface area contributed by atoms with Crippen LogP contribution in [0, 0.1) is 6.92 Å². The van der Waals surface area contributed by atoms with Crippen LogP contribution >= 0.6 is 22.6 Å². The molecule has 66 valence electrons. The van der Waals surface area contributed by atoms with Crippen molar-refractivity contribution in [1.29, 1.82) is 0 Å². The van der Waals surface area contributed by atoms with Gasteiger partial charge < -0.3 is 9.84 Å². The van der Waals surface area contributed by atoms with Crippen LogP contribution in [0.15, 0.2) is 10.6 Å². The molecule has 0 saturated carbocycles. The molecule has 1 aromatic rings. The van der Waals surface area contributed by atoms with Gasteiger partial charge in [0.05, 0.1) is 0 Å². The maximum absolute atomic E-state index is 11.2. The van der Waals surface area contributed by atoms with Gasteiger partial charge in [-0.2, -0.15) is 0 Å². The van der Waals surface area contributed by atoms with Crippen molar-refractivity contribution < 1.29 is 9.32 Å². The summed E-state index contributed by atoms with van der Waals surface area (Å²) in [7, 11) is 0. The normalized spacial score (nSPS) is 9.83. The number of hydrogen-bond acceptors (Lipinski definition) is 3. The van der Waals surface area contributed by atoms with E-state index in [4.69, 9.17) is 4.52 Å². The molecule has 0 atom stereocenters. The van der Waals surface area contributed by atoms with Crippen LogP contribution in [0.25, 0.3) is 0 Å². The highest BCUT2D eigenvalue weighted by molar-refractivity contribution is 14.1. The number of aromatic nitrogens is 1. The van der Waals surface area contributed by atoms with Gasteiger partial charge in [0.1, 0.15) is 5.76 Å². The third kappa shape index (κ3) is 2.47. The van der Waals surface area contributed by atoms with Gasteiger partial charge in [-0.15, -0.1) is 0 Å². The average Bonchev–Trinajstić information content (AvgIpc) is 2.47. The van der Waals surface area contributed by atoms with Gasteiger partial charge in [0.15, 0.2) is 5.69 Å². The van der Waals surface area contributed by atoms with Crippen molar-refractivity contribution in [1.82, 2.24) is 10.5 Å². The number of carbonyl (C=O) groups excluding carboxylic acids is 1. The van der Waals surface area contributed by atoms with Crippen LogP contribution in [0.2, 0.25) is 0 Å². The van der Waals surface area contributed by atoms with Gasteiger partial charge >= 0.3 is 0 Å². The van der Waals surface area contributed by atoms with E-state index >= 15 is 0 Å². The summed E-state index contributed by atoms with van der Waals surface area (Å²) in [6, 6.07) is 1.61. The molecule has 1 rings (SSSR count). The third-order valence-electron chi connectivity index (χ3n) is 1.24. The minimum absolute atomic E-state index is 0.177. The first-order chi connectivity index (χ1) is 5.74. The molecule has 0 aliphatic rings. The maximum atomic E-state index is 11.2. The summed E-state index contributed by atoms with van der Waals surface area (Å²) in [5.41, 5.74) is 0.345. The third-order valence-corrected chi connectivity index (χ3v) is 1.78. The van der Waals surface area contributed by atoms with E-state index in [9.17, 15) is 4.79 Å². The van der Waals surface area contributed by atoms with Gasteiger partial charge in [-0.05, 0) is 6.92 Å². The van der Waals surface area contributed by atoms with Crippen LogP contribution in [-0.4, -0.2) is 22.0 Å². The van der Waals surface area contributed by atoms with E-state index < -0.39 is 0 Å². The van der Waals surface area contributed by atoms with Crippen molar-refractivity contribution in [3.63, 3.8) is 0 Å². The minimum Gasteiger partial charge on any atom is -0.361 e. The van der Waals surface area contributed by atoms with Crippen molar-refractivity contribution in [3.8, 4) is 0 Å². The second-order valence-electron chi connectivity index (χ2n) is 2.27. The molecule has 0 aliphatic carbocycles. The van der Waals surface area contributed by atoms with Crippen molar-refractivity contribution in [2.45, 2.75) is 6.92 Å². The lowest BCUT2D eigenvalue weighted by Crippen LogP contribution is -2.25. The Bertz CT molecular complexity index is 272. The Kier molecular flexibility index (Phi) is 3.51. The molecule has 1 N–H and O–H groups in total. The van der Waals surface area contributed by atoms with E-state index in [-0.39, 0.29) is 5.91 Å². The number of rotatable bonds is 3. The second kappa shape index (κ2) is 4.44. The highest BCUT2D eigenvalue weighted by atomic mass is 127. The lowest BCUT2D eigenvalue weighted by molar-refractivity contribution is 0.0947. The van der Waals surface area contributed by atoms with Crippen LogP contribution in [0.5, 0.6) is 0 Å². The lowest BCUT2D eigenvalue weighted by Gasteiger charge is -1.96. The number of halogens is 1. The average molecular weight is 280 g/mol. The summed E-state index contributed by atoms with van der Waals surface area (Å²) in [5, 5.41) is 6.27. The molecule has 0 fully saturated rings. The number of nitrogens with zero attached hydrogens (tertiary/aromatic N) is 1. The Hall–Kier alpha value is -0.590. The molecule has 0 bridgehead atoms. The maximum Gasteiger partial charge on any atom is 0.273 e. The van der Waals surface area contributed by atoms with Crippen LogP contribution < -0.4 is 5.32 Å². The molecule has 0 saturated heterocycles. The molecule has 1 heterocycles. The number of alkyl halides is 1. The molecule has 0 aliphatic heterocycles. The summed E-state index contributed by atoms with van der Waals surface area (Å²) in [5.74, 6) is 0.470. The molecule has 1 aromatic heterocycles. The van der Waals surface area contributed by atoms with Gasteiger partial charge in [0.25, 0.3) is 5.91 Å². The zero-order chi connectivity index (χ0) is 8.97. The Morgan fingerprint density at radius 1 is 1.83 bits per heavy atom. The summed E-state index contributed by atoms with van der Waals surface area (Å²) in [6.07, 6.45) is 0. The predicted octanol–water partition coefficient (Wildman–Crippen LogP) is 1.15. The second-order valence-corrected chi connectivity index (χ2v) is 3.35. The largest absolute Gasteiger partial charge is 0.361 e. The van der Waals surface area contributed by atoms with Crippen LogP contribution in [-0.2, 0) is 0 Å². The van der Waals surface area contributed by atoms with E-state index in [0.29, 0.717) is 18.0 Å². The Morgan fingerprint density at radius 3 is 3.08 bits per heavy atom. The predicted molar refractivity (Wildman–Crippen MR) is 52.5 cm³/mol. The van der Waals surface area contributed by atoms with Crippen LogP contribution in [0.1, 0.15) is 16.2 Å². The van der Waals surface area contributed by atoms with E-state index in [1.54, 1.807) is 13.0 Å². The molecule has 0 spiro atoms. The van der Waals surface area contributed by atoms with Gasteiger partial charge in [-0.1, -0.05) is 27.7 Å². The molecule has 4 nitrogen and oxygen atoms in total. The van der Waals surface area contributed by atoms with Gasteiger partial charge in [0.2, 0.25) is 0 Å². The number of amides is 1. The molecular formula is C7H9IN2O2. The molecule has 0 unspecified atom stereocenters. The molecule has 1 amide bonds. The summed E-state index contributed by atoms with van der Waals surface area (Å²) < 4.78 is 5.64. The molecular weight excluding hydrogens is 271 g/mol. The lowest BCUT2D eigenvalue weighted by atomic mass is 10.3. The fraction of sp³-hybridized carbons (Fsp3) is 0.429. The van der Waals surface area contributed by atoms with Crippen molar-refractivity contribution in [2.75, 3.05) is 11.0 Å². The van der Waals surface area contributed by atoms with E-state index in [1.807, 2.05) is 0 Å². The first-order valence-corrected chi connectivity index (χ1v) is 5.04. The Balaban J connectivity index is 2.53. The van der Waals surface area contributed by atoms with Crippen molar-refractivity contribution in [2.24, 2.45) is 0 Å². The SMILES string of the molecule is Cc1cc(C(=O)NCCI)no1. The minimum atomic E-state index is -0.177. The molecule has 0 radical (unpaired) electrons. The summed E-state index contributed by atoms with van der Waals surface area (Å²) in [6.45, 7) is 2.41. The molecule has 0 aromatic carbocycles. The smallest absolute Gasteiger partial charge is 0.273 e. The van der Waals surface area contributed by atoms with E-state index in [2.05, 4.69) is 33.1 Å². The quantitative estimate of drug-likeness (QED) is 0.667. The Morgan fingerprint density at radius 2 is 2.58 bits per heavy atom. The number of carbonyl (C=O) groups is 1. The van der Waals surface area contributed by atoms with Gasteiger partial charge in [-0.3, -0.25) is 4.79 Å².